The molecule has 7 nitrogen and oxygen atoms in total. The zero-order valence-corrected chi connectivity index (χ0v) is 29.3. The molecule has 44 heavy (non-hydrogen) atoms. The fraction of sp³-hybridized carbons (Fsp3) is 0.611. The SMILES string of the molecule is CCN(Cc1cc(C(=O)OCCN(CCOC(=O)C(C)c2ccc(CC(C)C)cc2)C(C)C)cc(Br)c1N)C1CCCCC1. The number of nitrogens with two attached hydrogens (primary N) is 1. The summed E-state index contributed by atoms with van der Waals surface area (Å²) in [4.78, 5) is 30.4. The van der Waals surface area contributed by atoms with Crippen molar-refractivity contribution in [2.24, 2.45) is 5.92 Å². The van der Waals surface area contributed by atoms with Gasteiger partial charge in [-0.15, -0.1) is 0 Å². The van der Waals surface area contributed by atoms with Crippen molar-refractivity contribution in [3.8, 4) is 0 Å². The predicted molar refractivity (Wildman–Crippen MR) is 183 cm³/mol. The van der Waals surface area contributed by atoms with Crippen molar-refractivity contribution in [3.05, 3.63) is 63.1 Å². The molecule has 0 aliphatic heterocycles. The lowest BCUT2D eigenvalue weighted by molar-refractivity contribution is -0.145. The zero-order valence-electron chi connectivity index (χ0n) is 27.7. The molecule has 244 valence electrons. The molecule has 1 aliphatic carbocycles. The number of carbonyl (C=O) groups is 2. The van der Waals surface area contributed by atoms with Crippen LogP contribution in [0.1, 0.15) is 107 Å². The molecule has 0 amide bonds. The first-order chi connectivity index (χ1) is 21.0. The summed E-state index contributed by atoms with van der Waals surface area (Å²) in [6.07, 6.45) is 7.32. The number of benzene rings is 2. The highest BCUT2D eigenvalue weighted by atomic mass is 79.9. The summed E-state index contributed by atoms with van der Waals surface area (Å²) in [6.45, 7) is 15.9. The summed E-state index contributed by atoms with van der Waals surface area (Å²) in [7, 11) is 0. The van der Waals surface area contributed by atoms with Gasteiger partial charge in [-0.3, -0.25) is 14.6 Å². The third-order valence-corrected chi connectivity index (χ3v) is 9.42. The first kappa shape index (κ1) is 36.1. The maximum Gasteiger partial charge on any atom is 0.338 e. The second-order valence-electron chi connectivity index (χ2n) is 12.9. The van der Waals surface area contributed by atoms with Crippen LogP contribution in [0.4, 0.5) is 5.69 Å². The number of halogens is 1. The second kappa shape index (κ2) is 17.9. The van der Waals surface area contributed by atoms with E-state index < -0.39 is 0 Å². The Balaban J connectivity index is 1.49. The van der Waals surface area contributed by atoms with Gasteiger partial charge in [0.15, 0.2) is 0 Å². The van der Waals surface area contributed by atoms with Gasteiger partial charge in [-0.1, -0.05) is 64.3 Å². The van der Waals surface area contributed by atoms with E-state index in [0.29, 0.717) is 47.3 Å². The van der Waals surface area contributed by atoms with Crippen molar-refractivity contribution in [1.82, 2.24) is 9.80 Å². The van der Waals surface area contributed by atoms with Gasteiger partial charge < -0.3 is 15.2 Å². The van der Waals surface area contributed by atoms with E-state index in [1.54, 1.807) is 6.07 Å². The van der Waals surface area contributed by atoms with Gasteiger partial charge in [0.05, 0.1) is 17.2 Å². The normalized spacial score (nSPS) is 14.9. The van der Waals surface area contributed by atoms with Crippen molar-refractivity contribution in [1.29, 1.82) is 0 Å². The number of nitrogen functional groups attached to an aromatic ring is 1. The zero-order chi connectivity index (χ0) is 32.2. The summed E-state index contributed by atoms with van der Waals surface area (Å²) < 4.78 is 12.1. The van der Waals surface area contributed by atoms with Crippen LogP contribution in [0.25, 0.3) is 0 Å². The number of carbonyl (C=O) groups excluding carboxylic acids is 2. The molecule has 0 aromatic heterocycles. The smallest absolute Gasteiger partial charge is 0.338 e. The van der Waals surface area contributed by atoms with Crippen LogP contribution in [0.3, 0.4) is 0 Å². The maximum atomic E-state index is 13.1. The van der Waals surface area contributed by atoms with E-state index in [9.17, 15) is 9.59 Å². The van der Waals surface area contributed by atoms with Gasteiger partial charge in [0, 0.05) is 36.2 Å². The highest BCUT2D eigenvalue weighted by Gasteiger charge is 2.23. The van der Waals surface area contributed by atoms with Crippen LogP contribution in [0.5, 0.6) is 0 Å². The monoisotopic (exact) mass is 671 g/mol. The summed E-state index contributed by atoms with van der Waals surface area (Å²) >= 11 is 3.56. The largest absolute Gasteiger partial charge is 0.464 e. The first-order valence-electron chi connectivity index (χ1n) is 16.5. The number of hydrogen-bond acceptors (Lipinski definition) is 7. The summed E-state index contributed by atoms with van der Waals surface area (Å²) in [5, 5.41) is 0. The lowest BCUT2D eigenvalue weighted by Gasteiger charge is -2.34. The van der Waals surface area contributed by atoms with E-state index in [2.05, 4.69) is 72.5 Å². The van der Waals surface area contributed by atoms with Crippen LogP contribution in [-0.4, -0.2) is 66.7 Å². The van der Waals surface area contributed by atoms with Gasteiger partial charge in [0.1, 0.15) is 13.2 Å². The van der Waals surface area contributed by atoms with E-state index >= 15 is 0 Å². The minimum Gasteiger partial charge on any atom is -0.464 e. The van der Waals surface area contributed by atoms with Crippen LogP contribution >= 0.6 is 15.9 Å². The first-order valence-corrected chi connectivity index (χ1v) is 17.3. The molecule has 0 bridgehead atoms. The Morgan fingerprint density at radius 2 is 1.59 bits per heavy atom. The van der Waals surface area contributed by atoms with E-state index in [1.165, 1.54) is 37.7 Å². The van der Waals surface area contributed by atoms with Crippen LogP contribution < -0.4 is 5.73 Å². The lowest BCUT2D eigenvalue weighted by atomic mass is 9.93. The van der Waals surface area contributed by atoms with Crippen molar-refractivity contribution in [2.45, 2.75) is 105 Å². The molecule has 0 radical (unpaired) electrons. The molecule has 0 spiro atoms. The average molecular weight is 673 g/mol. The highest BCUT2D eigenvalue weighted by molar-refractivity contribution is 9.10. The molecule has 1 aliphatic rings. The Bertz CT molecular complexity index is 1190. The minimum atomic E-state index is -0.365. The number of hydrogen-bond donors (Lipinski definition) is 1. The summed E-state index contributed by atoms with van der Waals surface area (Å²) in [6, 6.07) is 12.6. The van der Waals surface area contributed by atoms with Gasteiger partial charge in [-0.25, -0.2) is 4.79 Å². The standard InChI is InChI=1S/C36H54BrN3O4/c1-7-39(32-11-9-8-10-12-32)24-31-22-30(23-33(37)34(31)38)36(42)44-20-18-40(26(4)5)17-19-43-35(41)27(6)29-15-13-28(14-16-29)21-25(2)3/h13-16,22-23,25-27,32H,7-12,17-21,24,38H2,1-6H3. The van der Waals surface area contributed by atoms with Crippen molar-refractivity contribution in [2.75, 3.05) is 38.6 Å². The van der Waals surface area contributed by atoms with E-state index in [4.69, 9.17) is 15.2 Å². The third-order valence-electron chi connectivity index (χ3n) is 8.76. The van der Waals surface area contributed by atoms with Crippen LogP contribution in [0, 0.1) is 5.92 Å². The fourth-order valence-corrected chi connectivity index (χ4v) is 6.49. The Hall–Kier alpha value is -2.42. The molecule has 2 aromatic rings. The molecule has 1 atom stereocenters. The average Bonchev–Trinajstić information content (AvgIpc) is 3.00. The molecule has 2 aromatic carbocycles. The maximum absolute atomic E-state index is 13.1. The lowest BCUT2D eigenvalue weighted by Crippen LogP contribution is -2.37. The molecule has 3 rings (SSSR count). The van der Waals surface area contributed by atoms with Gasteiger partial charge in [-0.05, 0) is 97.2 Å². The van der Waals surface area contributed by atoms with Crippen LogP contribution in [0.2, 0.25) is 0 Å². The van der Waals surface area contributed by atoms with Crippen LogP contribution in [-0.2, 0) is 27.2 Å². The summed E-state index contributed by atoms with van der Waals surface area (Å²) in [5.74, 6) is -0.327. The van der Waals surface area contributed by atoms with Gasteiger partial charge in [0.2, 0.25) is 0 Å². The molecule has 1 saturated carbocycles. The molecule has 0 saturated heterocycles. The molecular weight excluding hydrogens is 618 g/mol. The number of ether oxygens (including phenoxy) is 2. The molecule has 1 fully saturated rings. The van der Waals surface area contributed by atoms with Gasteiger partial charge in [-0.2, -0.15) is 0 Å². The van der Waals surface area contributed by atoms with E-state index in [0.717, 1.165) is 24.1 Å². The quantitative estimate of drug-likeness (QED) is 0.145. The fourth-order valence-electron chi connectivity index (χ4n) is 5.99. The second-order valence-corrected chi connectivity index (χ2v) is 13.7. The van der Waals surface area contributed by atoms with Crippen molar-refractivity contribution < 1.29 is 19.1 Å². The predicted octanol–water partition coefficient (Wildman–Crippen LogP) is 7.60. The van der Waals surface area contributed by atoms with E-state index in [-0.39, 0.29) is 37.1 Å². The minimum absolute atomic E-state index is 0.204. The molecule has 8 heteroatoms. The molecule has 0 heterocycles. The Kier molecular flexibility index (Phi) is 14.7. The number of anilines is 1. The third kappa shape index (κ3) is 10.9. The van der Waals surface area contributed by atoms with Gasteiger partial charge in [0.25, 0.3) is 0 Å². The Morgan fingerprint density at radius 3 is 2.18 bits per heavy atom. The number of esters is 2. The molecule has 1 unspecified atom stereocenters. The molecule has 2 N–H and O–H groups in total. The van der Waals surface area contributed by atoms with Crippen molar-refractivity contribution in [3.63, 3.8) is 0 Å². The molecular formula is C36H54BrN3O4. The van der Waals surface area contributed by atoms with E-state index in [1.807, 2.05) is 25.1 Å². The van der Waals surface area contributed by atoms with Crippen molar-refractivity contribution >= 4 is 33.6 Å². The highest BCUT2D eigenvalue weighted by Crippen LogP contribution is 2.30. The Morgan fingerprint density at radius 1 is 0.955 bits per heavy atom. The number of rotatable bonds is 16. The van der Waals surface area contributed by atoms with Crippen LogP contribution in [0.15, 0.2) is 40.9 Å². The topological polar surface area (TPSA) is 85.1 Å². The number of nitrogens with zero attached hydrogens (tertiary/aromatic N) is 2. The summed E-state index contributed by atoms with van der Waals surface area (Å²) in [5.41, 5.74) is 10.8. The van der Waals surface area contributed by atoms with Gasteiger partial charge >= 0.3 is 11.9 Å². The Labute approximate surface area is 274 Å².